The van der Waals surface area contributed by atoms with Crippen LogP contribution in [0.1, 0.15) is 58.3 Å². The van der Waals surface area contributed by atoms with Crippen molar-refractivity contribution in [3.63, 3.8) is 0 Å². The quantitative estimate of drug-likeness (QED) is 0.787. The highest BCUT2D eigenvalue weighted by atomic mass is 16.4. The second kappa shape index (κ2) is 6.92. The Kier molecular flexibility index (Phi) is 5.23. The number of hydrogen-bond acceptors (Lipinski definition) is 2. The van der Waals surface area contributed by atoms with Crippen molar-refractivity contribution in [1.29, 1.82) is 0 Å². The van der Waals surface area contributed by atoms with E-state index < -0.39 is 11.9 Å². The molecule has 110 valence electrons. The molecule has 0 bridgehead atoms. The molecule has 1 N–H and O–H groups in total. The average Bonchev–Trinajstić information content (AvgIpc) is 2.45. The van der Waals surface area contributed by atoms with Gasteiger partial charge in [-0.1, -0.05) is 31.1 Å². The van der Waals surface area contributed by atoms with Crippen LogP contribution < -0.4 is 0 Å². The Labute approximate surface area is 121 Å². The lowest BCUT2D eigenvalue weighted by Crippen LogP contribution is -2.34. The largest absolute Gasteiger partial charge is 0.481 e. The van der Waals surface area contributed by atoms with Gasteiger partial charge in [-0.2, -0.15) is 0 Å². The summed E-state index contributed by atoms with van der Waals surface area (Å²) in [5.41, 5.74) is 0. The highest BCUT2D eigenvalue weighted by Crippen LogP contribution is 2.34. The zero-order valence-electron chi connectivity index (χ0n) is 12.2. The second-order valence-electron chi connectivity index (χ2n) is 6.30. The lowest BCUT2D eigenvalue weighted by molar-refractivity contribution is -0.148. The van der Waals surface area contributed by atoms with Crippen LogP contribution in [-0.2, 0) is 9.59 Å². The topological polar surface area (TPSA) is 54.4 Å². The summed E-state index contributed by atoms with van der Waals surface area (Å²) in [6, 6.07) is 0. The van der Waals surface area contributed by atoms with Crippen LogP contribution in [0.5, 0.6) is 0 Å². The minimum atomic E-state index is -0.839. The van der Waals surface area contributed by atoms with Crippen LogP contribution in [0.15, 0.2) is 0 Å². The fourth-order valence-electron chi connectivity index (χ4n) is 3.54. The van der Waals surface area contributed by atoms with E-state index in [1.807, 2.05) is 0 Å². The molecule has 2 aliphatic carbocycles. The third kappa shape index (κ3) is 3.85. The van der Waals surface area contributed by atoms with Gasteiger partial charge in [0, 0.05) is 17.8 Å². The Morgan fingerprint density at radius 3 is 2.15 bits per heavy atom. The molecule has 0 aromatic carbocycles. The van der Waals surface area contributed by atoms with Crippen molar-refractivity contribution in [3.05, 3.63) is 0 Å². The third-order valence-corrected chi connectivity index (χ3v) is 4.79. The summed E-state index contributed by atoms with van der Waals surface area (Å²) in [6.07, 6.45) is 8.34. The molecule has 0 aliphatic heterocycles. The Balaban J connectivity index is 1.96. The molecule has 0 aromatic heterocycles. The van der Waals surface area contributed by atoms with Gasteiger partial charge >= 0.3 is 5.97 Å². The first-order chi connectivity index (χ1) is 9.58. The maximum Gasteiger partial charge on any atom is 0.307 e. The number of Topliss-reactive ketones (excluding diaryl/α,β-unsaturated/α-hetero) is 1. The number of carboxylic acids is 1. The van der Waals surface area contributed by atoms with Gasteiger partial charge in [0.25, 0.3) is 0 Å². The van der Waals surface area contributed by atoms with E-state index in [1.165, 1.54) is 39.0 Å². The zero-order chi connectivity index (χ0) is 14.5. The van der Waals surface area contributed by atoms with Crippen molar-refractivity contribution < 1.29 is 14.7 Å². The monoisotopic (exact) mass is 276 g/mol. The first kappa shape index (κ1) is 15.1. The van der Waals surface area contributed by atoms with E-state index in [4.69, 9.17) is 0 Å². The summed E-state index contributed by atoms with van der Waals surface area (Å²) >= 11 is 0. The van der Waals surface area contributed by atoms with Crippen molar-refractivity contribution >= 4 is 11.8 Å². The van der Waals surface area contributed by atoms with Gasteiger partial charge in [0.15, 0.2) is 0 Å². The first-order valence-corrected chi connectivity index (χ1v) is 7.82. The fourth-order valence-corrected chi connectivity index (χ4v) is 3.54. The molecule has 3 atom stereocenters. The molecule has 20 heavy (non-hydrogen) atoms. The van der Waals surface area contributed by atoms with Gasteiger partial charge in [-0.05, 0) is 39.0 Å². The minimum absolute atomic E-state index is 0.0103. The highest BCUT2D eigenvalue weighted by molar-refractivity contribution is 5.84. The van der Waals surface area contributed by atoms with Crippen molar-refractivity contribution in [1.82, 2.24) is 0 Å². The Morgan fingerprint density at radius 1 is 0.900 bits per heavy atom. The van der Waals surface area contributed by atoms with Gasteiger partial charge in [0.1, 0.15) is 5.78 Å². The molecule has 2 rings (SSSR count). The van der Waals surface area contributed by atoms with Gasteiger partial charge in [-0.25, -0.2) is 0 Å². The molecule has 3 nitrogen and oxygen atoms in total. The first-order valence-electron chi connectivity index (χ1n) is 7.82. The van der Waals surface area contributed by atoms with Gasteiger partial charge in [-0.15, -0.1) is 0 Å². The van der Waals surface area contributed by atoms with E-state index in [0.29, 0.717) is 18.8 Å². The summed E-state index contributed by atoms with van der Waals surface area (Å²) in [7, 11) is 0. The molecule has 2 aliphatic rings. The number of carbonyl (C=O) groups is 2. The predicted octanol–water partition coefficient (Wildman–Crippen LogP) is 3.28. The normalized spacial score (nSPS) is 31.1. The molecule has 0 aromatic rings. The highest BCUT2D eigenvalue weighted by Gasteiger charge is 2.37. The second-order valence-corrected chi connectivity index (χ2v) is 6.30. The zero-order valence-corrected chi connectivity index (χ0v) is 12.2. The molecular weight excluding hydrogens is 252 g/mol. The van der Waals surface area contributed by atoms with Crippen LogP contribution in [0, 0.1) is 35.5 Å². The number of aliphatic carboxylic acids is 1. The van der Waals surface area contributed by atoms with Crippen molar-refractivity contribution in [3.8, 4) is 11.8 Å². The standard InChI is InChI=1S/C17H24O3/c1-12(18)15-10-9-14(11-16(15)17(19)20)8-7-13-5-3-2-4-6-13/h13-16H,2-6,9-11H2,1H3,(H,19,20). The van der Waals surface area contributed by atoms with Crippen LogP contribution in [0.3, 0.4) is 0 Å². The molecule has 3 unspecified atom stereocenters. The van der Waals surface area contributed by atoms with E-state index in [-0.39, 0.29) is 17.6 Å². The fraction of sp³-hybridized carbons (Fsp3) is 0.765. The molecule has 2 saturated carbocycles. The average molecular weight is 276 g/mol. The maximum absolute atomic E-state index is 11.5. The van der Waals surface area contributed by atoms with Crippen LogP contribution in [0.2, 0.25) is 0 Å². The van der Waals surface area contributed by atoms with Gasteiger partial charge in [0.2, 0.25) is 0 Å². The van der Waals surface area contributed by atoms with E-state index >= 15 is 0 Å². The number of hydrogen-bond donors (Lipinski definition) is 1. The third-order valence-electron chi connectivity index (χ3n) is 4.79. The van der Waals surface area contributed by atoms with Crippen molar-refractivity contribution in [2.24, 2.45) is 23.7 Å². The van der Waals surface area contributed by atoms with Gasteiger partial charge < -0.3 is 5.11 Å². The molecule has 0 heterocycles. The van der Waals surface area contributed by atoms with Gasteiger partial charge in [0.05, 0.1) is 5.92 Å². The van der Waals surface area contributed by atoms with Gasteiger partial charge in [-0.3, -0.25) is 9.59 Å². The molecular formula is C17H24O3. The number of carbonyl (C=O) groups excluding carboxylic acids is 1. The molecule has 0 amide bonds. The summed E-state index contributed by atoms with van der Waals surface area (Å²) in [6.45, 7) is 1.51. The number of ketones is 1. The van der Waals surface area contributed by atoms with Crippen LogP contribution >= 0.6 is 0 Å². The maximum atomic E-state index is 11.5. The molecule has 0 radical (unpaired) electrons. The van der Waals surface area contributed by atoms with Crippen LogP contribution in [0.4, 0.5) is 0 Å². The SMILES string of the molecule is CC(=O)C1CCC(C#CC2CCCCC2)CC1C(=O)O. The number of rotatable bonds is 2. The summed E-state index contributed by atoms with van der Waals surface area (Å²) in [5, 5.41) is 9.29. The molecule has 3 heteroatoms. The summed E-state index contributed by atoms with van der Waals surface area (Å²) < 4.78 is 0. The summed E-state index contributed by atoms with van der Waals surface area (Å²) in [4.78, 5) is 22.8. The Hall–Kier alpha value is -1.30. The van der Waals surface area contributed by atoms with E-state index in [2.05, 4.69) is 11.8 Å². The molecule has 0 saturated heterocycles. The van der Waals surface area contributed by atoms with E-state index in [0.717, 1.165) is 6.42 Å². The molecule has 0 spiro atoms. The lowest BCUT2D eigenvalue weighted by Gasteiger charge is -2.30. The Morgan fingerprint density at radius 2 is 1.55 bits per heavy atom. The summed E-state index contributed by atoms with van der Waals surface area (Å²) in [5.74, 6) is 5.68. The molecule has 2 fully saturated rings. The van der Waals surface area contributed by atoms with Crippen LogP contribution in [0.25, 0.3) is 0 Å². The van der Waals surface area contributed by atoms with Crippen molar-refractivity contribution in [2.45, 2.75) is 58.3 Å². The van der Waals surface area contributed by atoms with E-state index in [1.54, 1.807) is 0 Å². The predicted molar refractivity (Wildman–Crippen MR) is 77.0 cm³/mol. The minimum Gasteiger partial charge on any atom is -0.481 e. The van der Waals surface area contributed by atoms with Crippen LogP contribution in [-0.4, -0.2) is 16.9 Å². The van der Waals surface area contributed by atoms with E-state index in [9.17, 15) is 14.7 Å². The number of carboxylic acid groups (broad SMARTS) is 1. The van der Waals surface area contributed by atoms with Crippen molar-refractivity contribution in [2.75, 3.05) is 0 Å². The Bertz CT molecular complexity index is 423. The smallest absolute Gasteiger partial charge is 0.307 e. The lowest BCUT2D eigenvalue weighted by atomic mass is 9.72.